The molecular weight excluding hydrogens is 184 g/mol. The molecule has 0 amide bonds. The van der Waals surface area contributed by atoms with Crippen molar-refractivity contribution < 1.29 is 5.11 Å². The van der Waals surface area contributed by atoms with Gasteiger partial charge in [-0.25, -0.2) is 4.98 Å². The molecule has 1 heterocycles. The maximum Gasteiger partial charge on any atom is 0.102 e. The lowest BCUT2D eigenvalue weighted by Gasteiger charge is -2.07. The summed E-state index contributed by atoms with van der Waals surface area (Å²) in [5, 5.41) is 13.8. The van der Waals surface area contributed by atoms with Crippen molar-refractivity contribution in [2.24, 2.45) is 0 Å². The van der Waals surface area contributed by atoms with Crippen molar-refractivity contribution in [2.75, 3.05) is 13.6 Å². The van der Waals surface area contributed by atoms with E-state index in [1.165, 1.54) is 0 Å². The van der Waals surface area contributed by atoms with E-state index in [-0.39, 0.29) is 0 Å². The molecule has 0 aromatic carbocycles. The minimum Gasteiger partial charge on any atom is -0.386 e. The van der Waals surface area contributed by atoms with E-state index in [1.54, 1.807) is 11.3 Å². The van der Waals surface area contributed by atoms with Gasteiger partial charge in [-0.15, -0.1) is 11.3 Å². The molecular formula is C9H16N2OS. The molecule has 0 radical (unpaired) electrons. The first-order chi connectivity index (χ1) is 6.19. The van der Waals surface area contributed by atoms with Gasteiger partial charge in [0.05, 0.1) is 15.6 Å². The van der Waals surface area contributed by atoms with Gasteiger partial charge in [-0.2, -0.15) is 0 Å². The van der Waals surface area contributed by atoms with Crippen molar-refractivity contribution >= 4 is 11.3 Å². The second-order valence-electron chi connectivity index (χ2n) is 2.98. The molecule has 0 aliphatic rings. The maximum absolute atomic E-state index is 9.72. The quantitative estimate of drug-likeness (QED) is 0.769. The van der Waals surface area contributed by atoms with Crippen LogP contribution in [0.2, 0.25) is 0 Å². The van der Waals surface area contributed by atoms with Gasteiger partial charge in [0.25, 0.3) is 0 Å². The molecule has 0 fully saturated rings. The summed E-state index contributed by atoms with van der Waals surface area (Å²) in [7, 11) is 1.83. The Morgan fingerprint density at radius 3 is 2.77 bits per heavy atom. The molecule has 13 heavy (non-hydrogen) atoms. The summed E-state index contributed by atoms with van der Waals surface area (Å²) in [4.78, 5) is 5.36. The smallest absolute Gasteiger partial charge is 0.102 e. The molecule has 3 nitrogen and oxygen atoms in total. The summed E-state index contributed by atoms with van der Waals surface area (Å²) in [6, 6.07) is 0. The van der Waals surface area contributed by atoms with Crippen molar-refractivity contribution in [3.05, 3.63) is 15.6 Å². The van der Waals surface area contributed by atoms with Gasteiger partial charge < -0.3 is 10.4 Å². The average Bonchev–Trinajstić information content (AvgIpc) is 2.47. The van der Waals surface area contributed by atoms with E-state index in [9.17, 15) is 5.11 Å². The number of hydrogen-bond donors (Lipinski definition) is 2. The monoisotopic (exact) mass is 200 g/mol. The standard InChI is InChI=1S/C9H16N2OS/c1-4-8-11-6(2)9(13-8)7(12)5-10-3/h7,10,12H,4-5H2,1-3H3. The summed E-state index contributed by atoms with van der Waals surface area (Å²) >= 11 is 1.61. The molecule has 0 spiro atoms. The molecule has 1 aromatic heterocycles. The Hall–Kier alpha value is -0.450. The fraction of sp³-hybridized carbons (Fsp3) is 0.667. The molecule has 2 N–H and O–H groups in total. The van der Waals surface area contributed by atoms with Crippen LogP contribution in [0.4, 0.5) is 0 Å². The number of aryl methyl sites for hydroxylation is 2. The molecule has 4 heteroatoms. The highest BCUT2D eigenvalue weighted by Crippen LogP contribution is 2.24. The number of aliphatic hydroxyl groups excluding tert-OH is 1. The lowest BCUT2D eigenvalue weighted by atomic mass is 10.2. The fourth-order valence-corrected chi connectivity index (χ4v) is 2.21. The number of likely N-dealkylation sites (N-methyl/N-ethyl adjacent to an activating group) is 1. The summed E-state index contributed by atoms with van der Waals surface area (Å²) < 4.78 is 0. The largest absolute Gasteiger partial charge is 0.386 e. The normalized spacial score (nSPS) is 13.2. The Morgan fingerprint density at radius 1 is 1.62 bits per heavy atom. The van der Waals surface area contributed by atoms with Crippen LogP contribution in [0.25, 0.3) is 0 Å². The van der Waals surface area contributed by atoms with Crippen LogP contribution in [0.1, 0.15) is 28.6 Å². The molecule has 1 unspecified atom stereocenters. The number of aromatic nitrogens is 1. The molecule has 0 aliphatic carbocycles. The van der Waals surface area contributed by atoms with E-state index in [1.807, 2.05) is 14.0 Å². The van der Waals surface area contributed by atoms with Crippen LogP contribution in [-0.4, -0.2) is 23.7 Å². The van der Waals surface area contributed by atoms with Crippen LogP contribution in [-0.2, 0) is 6.42 Å². The molecule has 0 saturated heterocycles. The number of nitrogens with zero attached hydrogens (tertiary/aromatic N) is 1. The van der Waals surface area contributed by atoms with Crippen molar-refractivity contribution in [3.8, 4) is 0 Å². The van der Waals surface area contributed by atoms with E-state index < -0.39 is 6.10 Å². The van der Waals surface area contributed by atoms with E-state index in [2.05, 4.69) is 17.2 Å². The summed E-state index contributed by atoms with van der Waals surface area (Å²) in [5.74, 6) is 0. The third-order valence-electron chi connectivity index (χ3n) is 1.88. The SMILES string of the molecule is CCc1nc(C)c(C(O)CNC)s1. The minimum atomic E-state index is -0.414. The van der Waals surface area contributed by atoms with Crippen LogP contribution in [0.5, 0.6) is 0 Å². The predicted molar refractivity (Wildman–Crippen MR) is 55.1 cm³/mol. The lowest BCUT2D eigenvalue weighted by molar-refractivity contribution is 0.180. The number of hydrogen-bond acceptors (Lipinski definition) is 4. The predicted octanol–water partition coefficient (Wildman–Crippen LogP) is 1.27. The first kappa shape index (κ1) is 10.6. The van der Waals surface area contributed by atoms with E-state index in [0.29, 0.717) is 6.54 Å². The molecule has 74 valence electrons. The summed E-state index contributed by atoms with van der Waals surface area (Å²) in [6.45, 7) is 4.61. The highest BCUT2D eigenvalue weighted by Gasteiger charge is 2.14. The molecule has 1 aromatic rings. The van der Waals surface area contributed by atoms with Crippen LogP contribution >= 0.6 is 11.3 Å². The molecule has 1 rings (SSSR count). The van der Waals surface area contributed by atoms with Gasteiger partial charge in [-0.05, 0) is 20.4 Å². The topological polar surface area (TPSA) is 45.2 Å². The van der Waals surface area contributed by atoms with Gasteiger partial charge in [-0.1, -0.05) is 6.92 Å². The Balaban J connectivity index is 2.80. The Kier molecular flexibility index (Phi) is 3.84. The number of aliphatic hydroxyl groups is 1. The molecule has 1 atom stereocenters. The zero-order valence-corrected chi connectivity index (χ0v) is 9.11. The maximum atomic E-state index is 9.72. The lowest BCUT2D eigenvalue weighted by Crippen LogP contribution is -2.16. The van der Waals surface area contributed by atoms with Crippen molar-refractivity contribution in [1.82, 2.24) is 10.3 Å². The number of thiazole rings is 1. The average molecular weight is 200 g/mol. The Morgan fingerprint density at radius 2 is 2.31 bits per heavy atom. The number of rotatable bonds is 4. The first-order valence-corrected chi connectivity index (χ1v) is 5.29. The van der Waals surface area contributed by atoms with Gasteiger partial charge >= 0.3 is 0 Å². The third-order valence-corrected chi connectivity index (χ3v) is 3.28. The van der Waals surface area contributed by atoms with Crippen molar-refractivity contribution in [2.45, 2.75) is 26.4 Å². The van der Waals surface area contributed by atoms with E-state index in [0.717, 1.165) is 22.0 Å². The molecule has 0 saturated carbocycles. The second kappa shape index (κ2) is 4.69. The summed E-state index contributed by atoms with van der Waals surface area (Å²) in [6.07, 6.45) is 0.528. The molecule has 0 bridgehead atoms. The Labute approximate surface area is 82.8 Å². The van der Waals surface area contributed by atoms with E-state index >= 15 is 0 Å². The zero-order chi connectivity index (χ0) is 9.84. The zero-order valence-electron chi connectivity index (χ0n) is 8.29. The van der Waals surface area contributed by atoms with Crippen LogP contribution in [0, 0.1) is 6.92 Å². The van der Waals surface area contributed by atoms with Crippen LogP contribution in [0.3, 0.4) is 0 Å². The Bertz CT molecular complexity index is 273. The highest BCUT2D eigenvalue weighted by molar-refractivity contribution is 7.11. The van der Waals surface area contributed by atoms with Gasteiger partial charge in [0, 0.05) is 6.54 Å². The van der Waals surface area contributed by atoms with E-state index in [4.69, 9.17) is 0 Å². The second-order valence-corrected chi connectivity index (χ2v) is 4.10. The van der Waals surface area contributed by atoms with Gasteiger partial charge in [0.1, 0.15) is 6.10 Å². The van der Waals surface area contributed by atoms with Gasteiger partial charge in [0.2, 0.25) is 0 Å². The first-order valence-electron chi connectivity index (χ1n) is 4.47. The fourth-order valence-electron chi connectivity index (χ4n) is 1.21. The van der Waals surface area contributed by atoms with Crippen molar-refractivity contribution in [1.29, 1.82) is 0 Å². The minimum absolute atomic E-state index is 0.414. The third kappa shape index (κ3) is 2.49. The highest BCUT2D eigenvalue weighted by atomic mass is 32.1. The molecule has 0 aliphatic heterocycles. The van der Waals surface area contributed by atoms with Crippen LogP contribution < -0.4 is 5.32 Å². The summed E-state index contributed by atoms with van der Waals surface area (Å²) in [5.41, 5.74) is 0.963. The van der Waals surface area contributed by atoms with Gasteiger partial charge in [-0.3, -0.25) is 0 Å². The number of nitrogens with one attached hydrogen (secondary N) is 1. The van der Waals surface area contributed by atoms with Crippen LogP contribution in [0.15, 0.2) is 0 Å². The van der Waals surface area contributed by atoms with Crippen molar-refractivity contribution in [3.63, 3.8) is 0 Å². The van der Waals surface area contributed by atoms with Gasteiger partial charge in [0.15, 0.2) is 0 Å².